The van der Waals surface area contributed by atoms with Gasteiger partial charge in [0, 0.05) is 53.1 Å². The highest BCUT2D eigenvalue weighted by Gasteiger charge is 2.24. The van der Waals surface area contributed by atoms with Crippen molar-refractivity contribution < 1.29 is 17.5 Å². The third kappa shape index (κ3) is 5.74. The van der Waals surface area contributed by atoms with Crippen molar-refractivity contribution in [2.45, 2.75) is 13.5 Å². The van der Waals surface area contributed by atoms with Crippen LogP contribution in [0.5, 0.6) is 0 Å². The lowest BCUT2D eigenvalue weighted by molar-refractivity contribution is 0.227. The molecule has 0 aliphatic heterocycles. The van der Waals surface area contributed by atoms with Gasteiger partial charge in [0.15, 0.2) is 0 Å². The third-order valence-electron chi connectivity index (χ3n) is 5.44. The molecule has 4 rings (SSSR count). The highest BCUT2D eigenvalue weighted by atomic mass is 35.5. The van der Waals surface area contributed by atoms with Gasteiger partial charge >= 0.3 is 6.03 Å². The van der Waals surface area contributed by atoms with Crippen LogP contribution < -0.4 is 21.3 Å². The summed E-state index contributed by atoms with van der Waals surface area (Å²) < 4.78 is 30.6. The molecule has 2 amide bonds. The number of aryl methyl sites for hydroxylation is 1. The van der Waals surface area contributed by atoms with Crippen molar-refractivity contribution in [3.63, 3.8) is 0 Å². The Hall–Kier alpha value is -3.93. The van der Waals surface area contributed by atoms with Crippen LogP contribution in [0.15, 0.2) is 71.7 Å². The zero-order valence-corrected chi connectivity index (χ0v) is 21.8. The molecule has 2 heterocycles. The molecule has 0 aliphatic carbocycles. The minimum Gasteiger partial charge on any atom is -0.373 e. The first-order valence-electron chi connectivity index (χ1n) is 11.2. The molecule has 0 spiro atoms. The van der Waals surface area contributed by atoms with Gasteiger partial charge in [-0.2, -0.15) is 13.5 Å². The van der Waals surface area contributed by atoms with Crippen LogP contribution in [0.4, 0.5) is 22.0 Å². The number of halogens is 1. The van der Waals surface area contributed by atoms with E-state index in [1.165, 1.54) is 18.2 Å². The maximum absolute atomic E-state index is 13.5. The molecule has 0 aliphatic rings. The van der Waals surface area contributed by atoms with Gasteiger partial charge in [-0.05, 0) is 43.3 Å². The number of hydroxylamine groups is 1. The fourth-order valence-corrected chi connectivity index (χ4v) is 4.43. The number of carbonyl (C=O) groups is 1. The van der Waals surface area contributed by atoms with Crippen LogP contribution in [0.3, 0.4) is 0 Å². The molecule has 2 aromatic carbocycles. The molecule has 0 bridgehead atoms. The number of pyridine rings is 2. The van der Waals surface area contributed by atoms with Crippen molar-refractivity contribution in [3.8, 4) is 11.1 Å². The van der Waals surface area contributed by atoms with Crippen LogP contribution in [0.1, 0.15) is 6.92 Å². The molecule has 0 saturated carbocycles. The summed E-state index contributed by atoms with van der Waals surface area (Å²) in [6.07, 6.45) is 2.46. The minimum absolute atomic E-state index is 0.0458. The van der Waals surface area contributed by atoms with E-state index >= 15 is 0 Å². The van der Waals surface area contributed by atoms with E-state index in [0.29, 0.717) is 39.6 Å². The van der Waals surface area contributed by atoms with Gasteiger partial charge in [0.25, 0.3) is 15.7 Å². The first-order chi connectivity index (χ1) is 17.6. The summed E-state index contributed by atoms with van der Waals surface area (Å²) in [5.41, 5.74) is 1.39. The molecular formula is C25H24ClN5O5S. The maximum atomic E-state index is 13.5. The molecule has 0 radical (unpaired) electrons. The van der Waals surface area contributed by atoms with E-state index in [1.54, 1.807) is 60.3 Å². The van der Waals surface area contributed by atoms with E-state index in [9.17, 15) is 18.0 Å². The smallest absolute Gasteiger partial charge is 0.351 e. The second kappa shape index (κ2) is 10.6. The van der Waals surface area contributed by atoms with Crippen LogP contribution >= 0.6 is 11.6 Å². The third-order valence-corrected chi connectivity index (χ3v) is 6.19. The predicted molar refractivity (Wildman–Crippen MR) is 146 cm³/mol. The number of benzene rings is 2. The highest BCUT2D eigenvalue weighted by Crippen LogP contribution is 2.33. The van der Waals surface area contributed by atoms with Crippen molar-refractivity contribution in [1.82, 2.24) is 9.55 Å². The Morgan fingerprint density at radius 1 is 1.11 bits per heavy atom. The van der Waals surface area contributed by atoms with E-state index in [4.69, 9.17) is 15.9 Å². The van der Waals surface area contributed by atoms with Crippen LogP contribution in [-0.4, -0.2) is 37.3 Å². The number of anilines is 3. The van der Waals surface area contributed by atoms with Crippen molar-refractivity contribution in [3.05, 3.63) is 82.2 Å². The van der Waals surface area contributed by atoms with E-state index < -0.39 is 16.1 Å². The van der Waals surface area contributed by atoms with Gasteiger partial charge in [0.1, 0.15) is 5.82 Å². The van der Waals surface area contributed by atoms with Gasteiger partial charge in [-0.1, -0.05) is 29.8 Å². The molecule has 0 unspecified atom stereocenters. The Balaban J connectivity index is 1.85. The zero-order chi connectivity index (χ0) is 26.7. The largest absolute Gasteiger partial charge is 0.373 e. The average Bonchev–Trinajstić information content (AvgIpc) is 2.87. The molecular weight excluding hydrogens is 518 g/mol. The number of nitrogens with one attached hydrogen (secondary N) is 2. The Bertz CT molecular complexity index is 1640. The van der Waals surface area contributed by atoms with E-state index in [-0.39, 0.29) is 21.8 Å². The predicted octanol–water partition coefficient (Wildman–Crippen LogP) is 4.71. The fourth-order valence-electron chi connectivity index (χ4n) is 3.79. The Morgan fingerprint density at radius 2 is 1.84 bits per heavy atom. The van der Waals surface area contributed by atoms with Crippen LogP contribution in [-0.2, 0) is 20.9 Å². The summed E-state index contributed by atoms with van der Waals surface area (Å²) in [5.74, 6) is 0.611. The van der Waals surface area contributed by atoms with Crippen LogP contribution in [0.2, 0.25) is 5.02 Å². The summed E-state index contributed by atoms with van der Waals surface area (Å²) in [7, 11) is -2.36. The molecule has 192 valence electrons. The molecule has 4 aromatic rings. The average molecular weight is 542 g/mol. The van der Waals surface area contributed by atoms with Crippen molar-refractivity contribution in [2.24, 2.45) is 0 Å². The normalized spacial score (nSPS) is 11.4. The Morgan fingerprint density at radius 3 is 2.49 bits per heavy atom. The number of fused-ring (bicyclic) bond motifs is 1. The first kappa shape index (κ1) is 26.1. The molecule has 2 N–H and O–H groups in total. The van der Waals surface area contributed by atoms with E-state index in [1.807, 2.05) is 6.92 Å². The zero-order valence-electron chi connectivity index (χ0n) is 20.2. The minimum atomic E-state index is -4.10. The van der Waals surface area contributed by atoms with Crippen molar-refractivity contribution >= 4 is 55.8 Å². The van der Waals surface area contributed by atoms with E-state index in [0.717, 1.165) is 6.26 Å². The van der Waals surface area contributed by atoms with Gasteiger partial charge in [-0.25, -0.2) is 9.78 Å². The number of hydrogen-bond acceptors (Lipinski definition) is 7. The molecule has 0 fully saturated rings. The number of aromatic nitrogens is 2. The lowest BCUT2D eigenvalue weighted by atomic mass is 10.0. The van der Waals surface area contributed by atoms with Gasteiger partial charge in [-0.15, -0.1) is 4.28 Å². The Kier molecular flexibility index (Phi) is 7.48. The number of para-hydroxylation sites is 1. The molecule has 0 saturated heterocycles. The molecule has 37 heavy (non-hydrogen) atoms. The second-order valence-electron chi connectivity index (χ2n) is 8.02. The first-order valence-corrected chi connectivity index (χ1v) is 13.4. The molecule has 0 atom stereocenters. The molecule has 12 heteroatoms. The lowest BCUT2D eigenvalue weighted by Gasteiger charge is -2.22. The summed E-state index contributed by atoms with van der Waals surface area (Å²) in [6.45, 7) is 2.23. The van der Waals surface area contributed by atoms with E-state index in [2.05, 4.69) is 15.6 Å². The number of nitrogens with zero attached hydrogens (tertiary/aromatic N) is 3. The monoisotopic (exact) mass is 541 g/mol. The molecule has 2 aromatic heterocycles. The van der Waals surface area contributed by atoms with Crippen LogP contribution in [0, 0.1) is 0 Å². The number of hydrogen-bond donors (Lipinski definition) is 2. The second-order valence-corrected chi connectivity index (χ2v) is 9.98. The SMILES string of the molecule is CCn1c(=O)c(-c2cc(N(OS(C)(=O)=O)C(=O)Nc3ccccc3)ccc2Cl)cc2cnc(NC)cc21. The molecule has 10 nitrogen and oxygen atoms in total. The van der Waals surface area contributed by atoms with Gasteiger partial charge < -0.3 is 15.2 Å². The topological polar surface area (TPSA) is 123 Å². The lowest BCUT2D eigenvalue weighted by Crippen LogP contribution is -2.37. The summed E-state index contributed by atoms with van der Waals surface area (Å²) in [4.78, 5) is 30.9. The number of amides is 2. The van der Waals surface area contributed by atoms with Gasteiger partial charge in [-0.3, -0.25) is 4.79 Å². The quantitative estimate of drug-likeness (QED) is 0.325. The van der Waals surface area contributed by atoms with Crippen molar-refractivity contribution in [1.29, 1.82) is 0 Å². The van der Waals surface area contributed by atoms with Crippen LogP contribution in [0.25, 0.3) is 22.0 Å². The van der Waals surface area contributed by atoms with Crippen molar-refractivity contribution in [2.75, 3.05) is 29.0 Å². The summed E-state index contributed by atoms with van der Waals surface area (Å²) in [6, 6.07) is 15.4. The van der Waals surface area contributed by atoms with Gasteiger partial charge in [0.05, 0.1) is 17.5 Å². The van der Waals surface area contributed by atoms with Gasteiger partial charge in [0.2, 0.25) is 0 Å². The maximum Gasteiger partial charge on any atom is 0.351 e. The summed E-state index contributed by atoms with van der Waals surface area (Å²) >= 11 is 6.49. The Labute approximate surface area is 218 Å². The number of carbonyl (C=O) groups excluding carboxylic acids is 1. The highest BCUT2D eigenvalue weighted by molar-refractivity contribution is 7.86. The number of urea groups is 1. The fraction of sp³-hybridized carbons (Fsp3) is 0.160. The standard InChI is InChI=1S/C25H24ClN5O5S/c1-4-30-22-14-23(27-2)28-15-16(22)12-20(24(30)32)19-13-18(10-11-21(19)26)31(36-37(3,34)35)25(33)29-17-8-6-5-7-9-17/h5-15H,4H2,1-3H3,(H,27,28)(H,29,33). The number of rotatable bonds is 7. The summed E-state index contributed by atoms with van der Waals surface area (Å²) in [5, 5.41) is 7.07.